The molecule has 1 atom stereocenters. The topological polar surface area (TPSA) is 78.3 Å². The first-order valence-electron chi connectivity index (χ1n) is 10.1. The van der Waals surface area contributed by atoms with Gasteiger partial charge in [-0.25, -0.2) is 0 Å². The fourth-order valence-corrected chi connectivity index (χ4v) is 4.27. The summed E-state index contributed by atoms with van der Waals surface area (Å²) >= 11 is 7.34. The third-order valence-electron chi connectivity index (χ3n) is 4.96. The Morgan fingerprint density at radius 1 is 1.19 bits per heavy atom. The predicted octanol–water partition coefficient (Wildman–Crippen LogP) is 4.03. The minimum atomic E-state index is -0.343. The van der Waals surface area contributed by atoms with E-state index < -0.39 is 0 Å². The van der Waals surface area contributed by atoms with Crippen molar-refractivity contribution in [2.24, 2.45) is 7.05 Å². The number of thioether (sulfide) groups is 1. The largest absolute Gasteiger partial charge is 0.454 e. The van der Waals surface area contributed by atoms with Crippen LogP contribution in [0.15, 0.2) is 65.3 Å². The standard InChI is InChI=1S/C23H23ClN4O3S/c1-15(24)13-32-23-27-26-22(28(23)2)18(10-16-6-4-3-5-7-16)25-21(29)12-17-8-9-19-20(11-17)31-14-30-19/h3-9,11,18H,1,10,12-14H2,2H3,(H,25,29). The van der Waals surface area contributed by atoms with Gasteiger partial charge in [0.15, 0.2) is 22.5 Å². The van der Waals surface area contributed by atoms with E-state index in [9.17, 15) is 4.79 Å². The SMILES string of the molecule is C=C(Cl)CSc1nnc(C(Cc2ccccc2)NC(=O)Cc2ccc3c(c2)OCO3)n1C. The second kappa shape index (κ2) is 10.1. The Balaban J connectivity index is 1.52. The minimum absolute atomic E-state index is 0.115. The third kappa shape index (κ3) is 5.44. The quantitative estimate of drug-likeness (QED) is 0.476. The molecule has 0 saturated heterocycles. The van der Waals surface area contributed by atoms with Gasteiger partial charge >= 0.3 is 0 Å². The first kappa shape index (κ1) is 22.2. The lowest BCUT2D eigenvalue weighted by atomic mass is 10.0. The van der Waals surface area contributed by atoms with E-state index in [1.165, 1.54) is 11.8 Å². The van der Waals surface area contributed by atoms with Crippen molar-refractivity contribution in [1.29, 1.82) is 0 Å². The summed E-state index contributed by atoms with van der Waals surface area (Å²) in [4.78, 5) is 12.9. The molecule has 4 rings (SSSR count). The Hall–Kier alpha value is -2.97. The van der Waals surface area contributed by atoms with Crippen LogP contribution in [-0.4, -0.2) is 33.2 Å². The Bertz CT molecular complexity index is 1120. The summed E-state index contributed by atoms with van der Waals surface area (Å²) in [6.07, 6.45) is 0.806. The summed E-state index contributed by atoms with van der Waals surface area (Å²) in [5.74, 6) is 2.45. The zero-order valence-corrected chi connectivity index (χ0v) is 19.2. The Labute approximate surface area is 195 Å². The number of carbonyl (C=O) groups is 1. The number of rotatable bonds is 9. The lowest BCUT2D eigenvalue weighted by molar-refractivity contribution is -0.121. The molecule has 0 radical (unpaired) electrons. The molecular weight excluding hydrogens is 448 g/mol. The molecule has 3 aromatic rings. The van der Waals surface area contributed by atoms with E-state index in [1.807, 2.05) is 60.1 Å². The number of amides is 1. The van der Waals surface area contributed by atoms with E-state index >= 15 is 0 Å². The number of fused-ring (bicyclic) bond motifs is 1. The smallest absolute Gasteiger partial charge is 0.231 e. The molecule has 1 unspecified atom stereocenters. The lowest BCUT2D eigenvalue weighted by Crippen LogP contribution is -2.33. The number of nitrogens with zero attached hydrogens (tertiary/aromatic N) is 3. The van der Waals surface area contributed by atoms with E-state index in [-0.39, 0.29) is 25.2 Å². The number of aromatic nitrogens is 3. The molecule has 0 bridgehead atoms. The monoisotopic (exact) mass is 470 g/mol. The van der Waals surface area contributed by atoms with E-state index in [0.29, 0.717) is 39.7 Å². The molecule has 0 spiro atoms. The van der Waals surface area contributed by atoms with Gasteiger partial charge in [0.25, 0.3) is 0 Å². The predicted molar refractivity (Wildman–Crippen MR) is 124 cm³/mol. The highest BCUT2D eigenvalue weighted by Gasteiger charge is 2.23. The highest BCUT2D eigenvalue weighted by molar-refractivity contribution is 7.99. The van der Waals surface area contributed by atoms with Crippen molar-refractivity contribution in [3.63, 3.8) is 0 Å². The van der Waals surface area contributed by atoms with Gasteiger partial charge in [-0.05, 0) is 29.7 Å². The molecule has 7 nitrogen and oxygen atoms in total. The lowest BCUT2D eigenvalue weighted by Gasteiger charge is -2.19. The van der Waals surface area contributed by atoms with E-state index in [2.05, 4.69) is 22.1 Å². The van der Waals surface area contributed by atoms with Gasteiger partial charge in [-0.15, -0.1) is 10.2 Å². The van der Waals surface area contributed by atoms with Gasteiger partial charge in [-0.3, -0.25) is 4.79 Å². The molecule has 0 fully saturated rings. The van der Waals surface area contributed by atoms with Gasteiger partial charge in [-0.2, -0.15) is 0 Å². The number of benzene rings is 2. The summed E-state index contributed by atoms with van der Waals surface area (Å²) < 4.78 is 12.6. The molecule has 9 heteroatoms. The number of hydrogen-bond acceptors (Lipinski definition) is 6. The highest BCUT2D eigenvalue weighted by Crippen LogP contribution is 2.32. The van der Waals surface area contributed by atoms with Crippen molar-refractivity contribution in [2.75, 3.05) is 12.5 Å². The van der Waals surface area contributed by atoms with Gasteiger partial charge in [0.05, 0.1) is 12.5 Å². The fraction of sp³-hybridized carbons (Fsp3) is 0.261. The van der Waals surface area contributed by atoms with Crippen molar-refractivity contribution in [3.8, 4) is 11.5 Å². The van der Waals surface area contributed by atoms with E-state index in [4.69, 9.17) is 21.1 Å². The van der Waals surface area contributed by atoms with Crippen LogP contribution in [-0.2, 0) is 24.7 Å². The van der Waals surface area contributed by atoms with E-state index in [1.54, 1.807) is 0 Å². The average molecular weight is 471 g/mol. The van der Waals surface area contributed by atoms with Gasteiger partial charge in [0, 0.05) is 17.8 Å². The van der Waals surface area contributed by atoms with Gasteiger partial charge < -0.3 is 19.4 Å². The molecule has 1 amide bonds. The van der Waals surface area contributed by atoms with Crippen LogP contribution < -0.4 is 14.8 Å². The van der Waals surface area contributed by atoms with Crippen LogP contribution in [0.25, 0.3) is 0 Å². The maximum atomic E-state index is 12.9. The van der Waals surface area contributed by atoms with Crippen LogP contribution >= 0.6 is 23.4 Å². The van der Waals surface area contributed by atoms with Crippen molar-refractivity contribution >= 4 is 29.3 Å². The summed E-state index contributed by atoms with van der Waals surface area (Å²) in [5.41, 5.74) is 1.94. The maximum Gasteiger partial charge on any atom is 0.231 e. The van der Waals surface area contributed by atoms with Crippen LogP contribution in [0.3, 0.4) is 0 Å². The van der Waals surface area contributed by atoms with Crippen molar-refractivity contribution in [3.05, 3.63) is 77.1 Å². The summed E-state index contributed by atoms with van der Waals surface area (Å²) in [6, 6.07) is 15.2. The number of hydrogen-bond donors (Lipinski definition) is 1. The first-order chi connectivity index (χ1) is 15.5. The van der Waals surface area contributed by atoms with Crippen LogP contribution in [0.1, 0.15) is 23.0 Å². The van der Waals surface area contributed by atoms with Crippen LogP contribution in [0.4, 0.5) is 0 Å². The van der Waals surface area contributed by atoms with Crippen molar-refractivity contribution < 1.29 is 14.3 Å². The second-order valence-corrected chi connectivity index (χ2v) is 8.86. The van der Waals surface area contributed by atoms with E-state index in [0.717, 1.165) is 11.1 Å². The molecule has 1 aliphatic heterocycles. The third-order valence-corrected chi connectivity index (χ3v) is 6.36. The molecule has 1 aromatic heterocycles. The number of halogens is 1. The molecule has 1 aliphatic rings. The zero-order valence-electron chi connectivity index (χ0n) is 17.6. The molecule has 2 aromatic carbocycles. The van der Waals surface area contributed by atoms with Gasteiger partial charge in [0.2, 0.25) is 12.7 Å². The average Bonchev–Trinajstić information content (AvgIpc) is 3.38. The van der Waals surface area contributed by atoms with Crippen LogP contribution in [0.2, 0.25) is 0 Å². The molecule has 32 heavy (non-hydrogen) atoms. The van der Waals surface area contributed by atoms with Gasteiger partial charge in [-0.1, -0.05) is 66.3 Å². The Morgan fingerprint density at radius 2 is 1.97 bits per heavy atom. The molecular formula is C23H23ClN4O3S. The van der Waals surface area contributed by atoms with Crippen molar-refractivity contribution in [1.82, 2.24) is 20.1 Å². The Kier molecular flexibility index (Phi) is 7.02. The maximum absolute atomic E-state index is 12.9. The molecule has 0 aliphatic carbocycles. The molecule has 166 valence electrons. The zero-order chi connectivity index (χ0) is 22.5. The minimum Gasteiger partial charge on any atom is -0.454 e. The number of nitrogens with one attached hydrogen (secondary N) is 1. The number of carbonyl (C=O) groups excluding carboxylic acids is 1. The number of ether oxygens (including phenoxy) is 2. The molecule has 1 N–H and O–H groups in total. The normalized spacial score (nSPS) is 13.1. The van der Waals surface area contributed by atoms with Crippen LogP contribution in [0.5, 0.6) is 11.5 Å². The Morgan fingerprint density at radius 3 is 2.75 bits per heavy atom. The molecule has 0 saturated carbocycles. The summed E-state index contributed by atoms with van der Waals surface area (Å²) in [6.45, 7) is 3.91. The summed E-state index contributed by atoms with van der Waals surface area (Å²) in [7, 11) is 1.89. The summed E-state index contributed by atoms with van der Waals surface area (Å²) in [5, 5.41) is 13.0. The highest BCUT2D eigenvalue weighted by atomic mass is 35.5. The second-order valence-electron chi connectivity index (χ2n) is 7.38. The van der Waals surface area contributed by atoms with Crippen molar-refractivity contribution in [2.45, 2.75) is 24.0 Å². The molecule has 2 heterocycles. The first-order valence-corrected chi connectivity index (χ1v) is 11.4. The fourth-order valence-electron chi connectivity index (χ4n) is 3.44. The van der Waals surface area contributed by atoms with Gasteiger partial charge in [0.1, 0.15) is 0 Å². The van der Waals surface area contributed by atoms with Crippen LogP contribution in [0, 0.1) is 0 Å².